The minimum absolute atomic E-state index is 0.0795. The summed E-state index contributed by atoms with van der Waals surface area (Å²) in [5.74, 6) is 0.668. The van der Waals surface area contributed by atoms with Crippen LogP contribution in [0, 0.1) is 10.1 Å². The zero-order valence-corrected chi connectivity index (χ0v) is 10.1. The smallest absolute Gasteiger partial charge is 0.317 e. The standard InChI is InChI=1S/C11H16N2O4/c1-7(12)6-8-9(16-2)4-5-10(17-3)11(8)13(14)15/h4-5,7H,6,12H2,1-3H3. The SMILES string of the molecule is COc1ccc(OC)c([N+](=O)[O-])c1CC(C)N. The van der Waals surface area contributed by atoms with Gasteiger partial charge in [0.15, 0.2) is 5.75 Å². The monoisotopic (exact) mass is 240 g/mol. The zero-order chi connectivity index (χ0) is 13.0. The van der Waals surface area contributed by atoms with E-state index in [1.807, 2.05) is 0 Å². The van der Waals surface area contributed by atoms with E-state index in [0.717, 1.165) is 0 Å². The van der Waals surface area contributed by atoms with Crippen LogP contribution < -0.4 is 15.2 Å². The fourth-order valence-corrected chi connectivity index (χ4v) is 1.67. The average molecular weight is 240 g/mol. The Morgan fingerprint density at radius 3 is 2.29 bits per heavy atom. The van der Waals surface area contributed by atoms with E-state index in [1.165, 1.54) is 20.3 Å². The summed E-state index contributed by atoms with van der Waals surface area (Å²) >= 11 is 0. The molecule has 0 aliphatic heterocycles. The average Bonchev–Trinajstić information content (AvgIpc) is 2.27. The van der Waals surface area contributed by atoms with Crippen LogP contribution in [-0.2, 0) is 6.42 Å². The van der Waals surface area contributed by atoms with E-state index in [2.05, 4.69) is 0 Å². The molecule has 6 heteroatoms. The van der Waals surface area contributed by atoms with Gasteiger partial charge in [-0.15, -0.1) is 0 Å². The van der Waals surface area contributed by atoms with Gasteiger partial charge >= 0.3 is 5.69 Å². The van der Waals surface area contributed by atoms with Crippen molar-refractivity contribution in [3.8, 4) is 11.5 Å². The van der Waals surface area contributed by atoms with Gasteiger partial charge in [-0.05, 0) is 25.5 Å². The number of nitro groups is 1. The topological polar surface area (TPSA) is 87.6 Å². The lowest BCUT2D eigenvalue weighted by Crippen LogP contribution is -2.19. The van der Waals surface area contributed by atoms with E-state index in [4.69, 9.17) is 15.2 Å². The van der Waals surface area contributed by atoms with E-state index in [9.17, 15) is 10.1 Å². The first-order chi connectivity index (χ1) is 8.01. The highest BCUT2D eigenvalue weighted by Crippen LogP contribution is 2.37. The lowest BCUT2D eigenvalue weighted by Gasteiger charge is -2.13. The predicted octanol–water partition coefficient (Wildman–Crippen LogP) is 1.50. The minimum atomic E-state index is -0.473. The maximum atomic E-state index is 11.1. The van der Waals surface area contributed by atoms with Crippen molar-refractivity contribution in [3.63, 3.8) is 0 Å². The van der Waals surface area contributed by atoms with Crippen LogP contribution in [-0.4, -0.2) is 25.2 Å². The largest absolute Gasteiger partial charge is 0.496 e. The zero-order valence-electron chi connectivity index (χ0n) is 10.1. The number of nitro benzene ring substituents is 1. The summed E-state index contributed by atoms with van der Waals surface area (Å²) in [7, 11) is 2.86. The van der Waals surface area contributed by atoms with Gasteiger partial charge in [-0.3, -0.25) is 10.1 Å². The lowest BCUT2D eigenvalue weighted by atomic mass is 10.0. The Bertz CT molecular complexity index is 418. The number of methoxy groups -OCH3 is 2. The first-order valence-corrected chi connectivity index (χ1v) is 5.15. The third-order valence-corrected chi connectivity index (χ3v) is 2.35. The van der Waals surface area contributed by atoms with Gasteiger partial charge in [-0.25, -0.2) is 0 Å². The van der Waals surface area contributed by atoms with Crippen LogP contribution in [0.25, 0.3) is 0 Å². The van der Waals surface area contributed by atoms with Gasteiger partial charge in [-0.1, -0.05) is 0 Å². The number of hydrogen-bond donors (Lipinski definition) is 1. The normalized spacial score (nSPS) is 12.0. The Balaban J connectivity index is 3.41. The molecule has 1 aromatic rings. The van der Waals surface area contributed by atoms with Crippen molar-refractivity contribution < 1.29 is 14.4 Å². The maximum absolute atomic E-state index is 11.1. The van der Waals surface area contributed by atoms with Gasteiger partial charge in [0.1, 0.15) is 5.75 Å². The predicted molar refractivity (Wildman–Crippen MR) is 63.6 cm³/mol. The van der Waals surface area contributed by atoms with Gasteiger partial charge < -0.3 is 15.2 Å². The number of rotatable bonds is 5. The molecule has 1 atom stereocenters. The molecule has 0 aromatic heterocycles. The maximum Gasteiger partial charge on any atom is 0.317 e. The molecule has 17 heavy (non-hydrogen) atoms. The molecule has 0 saturated carbocycles. The molecular formula is C11H16N2O4. The Morgan fingerprint density at radius 2 is 1.88 bits per heavy atom. The molecule has 0 aliphatic rings. The second kappa shape index (κ2) is 5.49. The lowest BCUT2D eigenvalue weighted by molar-refractivity contribution is -0.386. The van der Waals surface area contributed by atoms with E-state index < -0.39 is 4.92 Å². The summed E-state index contributed by atoms with van der Waals surface area (Å²) in [6.07, 6.45) is 0.358. The third kappa shape index (κ3) is 2.85. The van der Waals surface area contributed by atoms with Crippen molar-refractivity contribution in [3.05, 3.63) is 27.8 Å². The minimum Gasteiger partial charge on any atom is -0.496 e. The molecule has 94 valence electrons. The molecule has 2 N–H and O–H groups in total. The van der Waals surface area contributed by atoms with Crippen LogP contribution in [0.5, 0.6) is 11.5 Å². The highest BCUT2D eigenvalue weighted by Gasteiger charge is 2.25. The molecule has 6 nitrogen and oxygen atoms in total. The molecule has 1 aromatic carbocycles. The van der Waals surface area contributed by atoms with Crippen LogP contribution in [0.2, 0.25) is 0 Å². The molecule has 0 saturated heterocycles. The number of ether oxygens (including phenoxy) is 2. The number of benzene rings is 1. The molecule has 0 fully saturated rings. The summed E-state index contributed by atoms with van der Waals surface area (Å²) in [5.41, 5.74) is 6.07. The van der Waals surface area contributed by atoms with Crippen LogP contribution in [0.3, 0.4) is 0 Å². The fourth-order valence-electron chi connectivity index (χ4n) is 1.67. The fraction of sp³-hybridized carbons (Fsp3) is 0.455. The van der Waals surface area contributed by atoms with Gasteiger partial charge in [0.05, 0.1) is 24.7 Å². The molecule has 1 unspecified atom stereocenters. The van der Waals surface area contributed by atoms with Crippen molar-refractivity contribution in [2.45, 2.75) is 19.4 Å². The van der Waals surface area contributed by atoms with Crippen LogP contribution >= 0.6 is 0 Å². The molecular weight excluding hydrogens is 224 g/mol. The third-order valence-electron chi connectivity index (χ3n) is 2.35. The Hall–Kier alpha value is -1.82. The van der Waals surface area contributed by atoms with E-state index >= 15 is 0 Å². The van der Waals surface area contributed by atoms with E-state index in [-0.39, 0.29) is 17.5 Å². The number of nitrogens with two attached hydrogens (primary N) is 1. The summed E-state index contributed by atoms with van der Waals surface area (Å²) in [6, 6.07) is 2.96. The summed E-state index contributed by atoms with van der Waals surface area (Å²) in [5, 5.41) is 11.1. The summed E-state index contributed by atoms with van der Waals surface area (Å²) in [4.78, 5) is 10.6. The molecule has 0 aliphatic carbocycles. The van der Waals surface area contributed by atoms with Crippen molar-refractivity contribution in [2.75, 3.05) is 14.2 Å². The first-order valence-electron chi connectivity index (χ1n) is 5.15. The molecule has 0 amide bonds. The van der Waals surface area contributed by atoms with Crippen molar-refractivity contribution in [2.24, 2.45) is 5.73 Å². The van der Waals surface area contributed by atoms with Crippen LogP contribution in [0.4, 0.5) is 5.69 Å². The van der Waals surface area contributed by atoms with Crippen molar-refractivity contribution in [1.29, 1.82) is 0 Å². The molecule has 0 bridgehead atoms. The second-order valence-electron chi connectivity index (χ2n) is 3.74. The Labute approximate surface area is 99.5 Å². The molecule has 0 radical (unpaired) electrons. The highest BCUT2D eigenvalue weighted by atomic mass is 16.6. The Kier molecular flexibility index (Phi) is 4.28. The van der Waals surface area contributed by atoms with Gasteiger partial charge in [0, 0.05) is 6.04 Å². The molecule has 0 spiro atoms. The first kappa shape index (κ1) is 13.2. The number of hydrogen-bond acceptors (Lipinski definition) is 5. The molecule has 0 heterocycles. The van der Waals surface area contributed by atoms with Crippen molar-refractivity contribution >= 4 is 5.69 Å². The van der Waals surface area contributed by atoms with Gasteiger partial charge in [-0.2, -0.15) is 0 Å². The van der Waals surface area contributed by atoms with Crippen LogP contribution in [0.15, 0.2) is 12.1 Å². The van der Waals surface area contributed by atoms with Crippen LogP contribution in [0.1, 0.15) is 12.5 Å². The van der Waals surface area contributed by atoms with E-state index in [1.54, 1.807) is 13.0 Å². The van der Waals surface area contributed by atoms with E-state index in [0.29, 0.717) is 17.7 Å². The second-order valence-corrected chi connectivity index (χ2v) is 3.74. The van der Waals surface area contributed by atoms with Crippen molar-refractivity contribution in [1.82, 2.24) is 0 Å². The van der Waals surface area contributed by atoms with Gasteiger partial charge in [0.2, 0.25) is 0 Å². The quantitative estimate of drug-likeness (QED) is 0.622. The highest BCUT2D eigenvalue weighted by molar-refractivity contribution is 5.59. The molecule has 1 rings (SSSR count). The number of nitrogens with zero attached hydrogens (tertiary/aromatic N) is 1. The summed E-state index contributed by atoms with van der Waals surface area (Å²) < 4.78 is 10.1. The Morgan fingerprint density at radius 1 is 1.35 bits per heavy atom. The van der Waals surface area contributed by atoms with Gasteiger partial charge in [0.25, 0.3) is 0 Å². The summed E-state index contributed by atoms with van der Waals surface area (Å²) in [6.45, 7) is 1.78.